The van der Waals surface area contributed by atoms with E-state index in [1.165, 1.54) is 7.11 Å². The Morgan fingerprint density at radius 1 is 1.00 bits per heavy atom. The fraction of sp³-hybridized carbons (Fsp3) is 0.370. The molecule has 2 aromatic carbocycles. The molecule has 1 atom stereocenters. The highest BCUT2D eigenvalue weighted by Gasteiger charge is 2.32. The minimum Gasteiger partial charge on any atom is -0.493 e. The van der Waals surface area contributed by atoms with Crippen molar-refractivity contribution in [2.75, 3.05) is 13.7 Å². The molecule has 1 heterocycles. The Bertz CT molecular complexity index is 1100. The van der Waals surface area contributed by atoms with Gasteiger partial charge in [-0.15, -0.1) is 0 Å². The zero-order chi connectivity index (χ0) is 24.7. The molecule has 1 aromatic heterocycles. The Hall–Kier alpha value is -3.61. The van der Waals surface area contributed by atoms with Crippen LogP contribution in [-0.4, -0.2) is 36.2 Å². The van der Waals surface area contributed by atoms with Crippen molar-refractivity contribution in [2.24, 2.45) is 5.92 Å². The first-order valence-electron chi connectivity index (χ1n) is 11.2. The maximum Gasteiger partial charge on any atom is 0.321 e. The first kappa shape index (κ1) is 25.0. The largest absolute Gasteiger partial charge is 0.493 e. The number of aromatic nitrogens is 1. The molecule has 1 unspecified atom stereocenters. The van der Waals surface area contributed by atoms with Crippen molar-refractivity contribution in [3.63, 3.8) is 0 Å². The van der Waals surface area contributed by atoms with Crippen molar-refractivity contribution in [2.45, 2.75) is 46.1 Å². The summed E-state index contributed by atoms with van der Waals surface area (Å²) in [4.78, 5) is 29.2. The van der Waals surface area contributed by atoms with E-state index in [2.05, 4.69) is 4.98 Å². The predicted molar refractivity (Wildman–Crippen MR) is 127 cm³/mol. The molecule has 0 amide bonds. The first-order chi connectivity index (χ1) is 16.2. The van der Waals surface area contributed by atoms with Gasteiger partial charge in [0.25, 0.3) is 0 Å². The van der Waals surface area contributed by atoms with Crippen LogP contribution in [0, 0.1) is 12.8 Å². The molecule has 0 aliphatic heterocycles. The minimum atomic E-state index is -1.02. The number of carbonyl (C=O) groups is 2. The van der Waals surface area contributed by atoms with Crippen molar-refractivity contribution in [3.05, 3.63) is 71.6 Å². The summed E-state index contributed by atoms with van der Waals surface area (Å²) < 4.78 is 21.8. The summed E-state index contributed by atoms with van der Waals surface area (Å²) in [6, 6.07) is 17.0. The van der Waals surface area contributed by atoms with Gasteiger partial charge in [-0.2, -0.15) is 0 Å². The van der Waals surface area contributed by atoms with Gasteiger partial charge < -0.3 is 18.6 Å². The second kappa shape index (κ2) is 11.0. The molecule has 0 fully saturated rings. The van der Waals surface area contributed by atoms with Gasteiger partial charge in [-0.1, -0.05) is 30.3 Å². The normalized spacial score (nSPS) is 12.1. The summed E-state index contributed by atoms with van der Waals surface area (Å²) >= 11 is 0. The SMILES string of the molecule is COC(=O)C(Cc1ccc(OCCc2nc(-c3ccccc3)oc2C)cc1)C(=O)OC(C)(C)C. The summed E-state index contributed by atoms with van der Waals surface area (Å²) in [6.07, 6.45) is 0.787. The van der Waals surface area contributed by atoms with Gasteiger partial charge in [0.15, 0.2) is 5.92 Å². The van der Waals surface area contributed by atoms with Gasteiger partial charge in [0.1, 0.15) is 17.1 Å². The average Bonchev–Trinajstić information content (AvgIpc) is 3.17. The standard InChI is InChI=1S/C27H31NO6/c1-18-23(28-24(33-18)20-9-7-6-8-10-20)15-16-32-21-13-11-19(12-14-21)17-22(25(29)31-5)26(30)34-27(2,3)4/h6-14,22H,15-17H2,1-5H3. The van der Waals surface area contributed by atoms with Crippen LogP contribution in [0.2, 0.25) is 0 Å². The van der Waals surface area contributed by atoms with Crippen LogP contribution in [0.25, 0.3) is 11.5 Å². The lowest BCUT2D eigenvalue weighted by Gasteiger charge is -2.23. The Morgan fingerprint density at radius 2 is 1.68 bits per heavy atom. The summed E-state index contributed by atoms with van der Waals surface area (Å²) in [6.45, 7) is 7.60. The van der Waals surface area contributed by atoms with Gasteiger partial charge in [0, 0.05) is 12.0 Å². The number of esters is 2. The Morgan fingerprint density at radius 3 is 2.29 bits per heavy atom. The van der Waals surface area contributed by atoms with Crippen molar-refractivity contribution in [1.29, 1.82) is 0 Å². The Labute approximate surface area is 200 Å². The highest BCUT2D eigenvalue weighted by molar-refractivity contribution is 5.95. The number of rotatable bonds is 9. The van der Waals surface area contributed by atoms with Crippen LogP contribution in [0.4, 0.5) is 0 Å². The van der Waals surface area contributed by atoms with Crippen LogP contribution < -0.4 is 4.74 Å². The van der Waals surface area contributed by atoms with E-state index >= 15 is 0 Å². The number of hydrogen-bond donors (Lipinski definition) is 0. The van der Waals surface area contributed by atoms with Crippen LogP contribution in [-0.2, 0) is 31.9 Å². The van der Waals surface area contributed by atoms with E-state index in [1.54, 1.807) is 20.8 Å². The Kier molecular flexibility index (Phi) is 8.10. The van der Waals surface area contributed by atoms with E-state index in [1.807, 2.05) is 61.5 Å². The molecule has 0 saturated carbocycles. The fourth-order valence-electron chi connectivity index (χ4n) is 3.37. The van der Waals surface area contributed by atoms with Gasteiger partial charge in [-0.05, 0) is 63.9 Å². The second-order valence-corrected chi connectivity index (χ2v) is 8.94. The van der Waals surface area contributed by atoms with Crippen LogP contribution >= 0.6 is 0 Å². The quantitative estimate of drug-likeness (QED) is 0.326. The minimum absolute atomic E-state index is 0.183. The third-order valence-electron chi connectivity index (χ3n) is 5.06. The summed E-state index contributed by atoms with van der Waals surface area (Å²) in [5, 5.41) is 0. The fourth-order valence-corrected chi connectivity index (χ4v) is 3.37. The van der Waals surface area contributed by atoms with Gasteiger partial charge in [0.2, 0.25) is 5.89 Å². The van der Waals surface area contributed by atoms with Crippen LogP contribution in [0.15, 0.2) is 59.0 Å². The van der Waals surface area contributed by atoms with E-state index in [9.17, 15) is 9.59 Å². The molecule has 7 heteroatoms. The molecule has 0 aliphatic rings. The number of nitrogens with zero attached hydrogens (tertiary/aromatic N) is 1. The number of benzene rings is 2. The van der Waals surface area contributed by atoms with Gasteiger partial charge in [0.05, 0.1) is 19.4 Å². The van der Waals surface area contributed by atoms with Gasteiger partial charge in [-0.25, -0.2) is 4.98 Å². The molecule has 0 spiro atoms. The zero-order valence-electron chi connectivity index (χ0n) is 20.3. The summed E-state index contributed by atoms with van der Waals surface area (Å²) in [5.41, 5.74) is 1.90. The maximum atomic E-state index is 12.5. The summed E-state index contributed by atoms with van der Waals surface area (Å²) in [5.74, 6) is -0.189. The lowest BCUT2D eigenvalue weighted by Crippen LogP contribution is -2.34. The zero-order valence-corrected chi connectivity index (χ0v) is 20.3. The van der Waals surface area contributed by atoms with Crippen molar-refractivity contribution in [1.82, 2.24) is 4.98 Å². The van der Waals surface area contributed by atoms with Crippen LogP contribution in [0.1, 0.15) is 37.8 Å². The van der Waals surface area contributed by atoms with E-state index in [4.69, 9.17) is 18.6 Å². The lowest BCUT2D eigenvalue weighted by atomic mass is 9.99. The molecule has 0 aliphatic carbocycles. The highest BCUT2D eigenvalue weighted by Crippen LogP contribution is 2.23. The van der Waals surface area contributed by atoms with E-state index < -0.39 is 23.5 Å². The van der Waals surface area contributed by atoms with E-state index in [0.29, 0.717) is 24.7 Å². The molecule has 7 nitrogen and oxygen atoms in total. The summed E-state index contributed by atoms with van der Waals surface area (Å²) in [7, 11) is 1.26. The molecule has 0 bridgehead atoms. The van der Waals surface area contributed by atoms with Crippen LogP contribution in [0.3, 0.4) is 0 Å². The van der Waals surface area contributed by atoms with Gasteiger partial charge in [-0.3, -0.25) is 9.59 Å². The number of aryl methyl sites for hydroxylation is 1. The number of methoxy groups -OCH3 is 1. The third kappa shape index (κ3) is 6.94. The second-order valence-electron chi connectivity index (χ2n) is 8.94. The van der Waals surface area contributed by atoms with Crippen molar-refractivity contribution in [3.8, 4) is 17.2 Å². The van der Waals surface area contributed by atoms with Gasteiger partial charge >= 0.3 is 11.9 Å². The monoisotopic (exact) mass is 465 g/mol. The average molecular weight is 466 g/mol. The smallest absolute Gasteiger partial charge is 0.321 e. The maximum absolute atomic E-state index is 12.5. The molecular formula is C27H31NO6. The van der Waals surface area contributed by atoms with Crippen LogP contribution in [0.5, 0.6) is 5.75 Å². The van der Waals surface area contributed by atoms with E-state index in [0.717, 1.165) is 22.6 Å². The number of oxazole rings is 1. The number of carbonyl (C=O) groups excluding carboxylic acids is 2. The molecule has 3 rings (SSSR count). The molecule has 0 radical (unpaired) electrons. The predicted octanol–water partition coefficient (Wildman–Crippen LogP) is 4.94. The number of hydrogen-bond acceptors (Lipinski definition) is 7. The lowest BCUT2D eigenvalue weighted by molar-refractivity contribution is -0.168. The highest BCUT2D eigenvalue weighted by atomic mass is 16.6. The van der Waals surface area contributed by atoms with Crippen molar-refractivity contribution >= 4 is 11.9 Å². The molecule has 180 valence electrons. The van der Waals surface area contributed by atoms with Crippen molar-refractivity contribution < 1.29 is 28.2 Å². The molecule has 3 aromatic rings. The number of ether oxygens (including phenoxy) is 3. The third-order valence-corrected chi connectivity index (χ3v) is 5.06. The van der Waals surface area contributed by atoms with E-state index in [-0.39, 0.29) is 6.42 Å². The Balaban J connectivity index is 1.57. The molecule has 34 heavy (non-hydrogen) atoms. The molecular weight excluding hydrogens is 434 g/mol. The topological polar surface area (TPSA) is 87.9 Å². The first-order valence-corrected chi connectivity index (χ1v) is 11.2. The molecule has 0 saturated heterocycles. The molecule has 0 N–H and O–H groups in total.